The van der Waals surface area contributed by atoms with Crippen molar-refractivity contribution in [1.82, 2.24) is 5.32 Å². The zero-order valence-corrected chi connectivity index (χ0v) is 19.3. The number of rotatable bonds is 8. The van der Waals surface area contributed by atoms with E-state index in [1.54, 1.807) is 60.7 Å². The van der Waals surface area contributed by atoms with Crippen LogP contribution >= 0.6 is 11.8 Å². The van der Waals surface area contributed by atoms with Crippen molar-refractivity contribution in [2.75, 3.05) is 23.1 Å². The zero-order chi connectivity index (χ0) is 23.3. The van der Waals surface area contributed by atoms with Crippen molar-refractivity contribution in [2.24, 2.45) is 0 Å². The van der Waals surface area contributed by atoms with E-state index >= 15 is 0 Å². The Morgan fingerprint density at radius 3 is 2.52 bits per heavy atom. The molecule has 6 nitrogen and oxygen atoms in total. The van der Waals surface area contributed by atoms with E-state index in [4.69, 9.17) is 4.74 Å². The van der Waals surface area contributed by atoms with Gasteiger partial charge in [-0.3, -0.25) is 9.10 Å². The molecule has 1 aliphatic heterocycles. The molecule has 0 bridgehead atoms. The van der Waals surface area contributed by atoms with Crippen molar-refractivity contribution in [2.45, 2.75) is 16.8 Å². The molecule has 172 valence electrons. The number of hydrogen-bond donors (Lipinski definition) is 1. The fraction of sp³-hybridized carbons (Fsp3) is 0.208. The Bertz CT molecular complexity index is 1220. The lowest BCUT2D eigenvalue weighted by Gasteiger charge is -2.34. The molecule has 0 aromatic heterocycles. The van der Waals surface area contributed by atoms with Crippen molar-refractivity contribution in [3.63, 3.8) is 0 Å². The lowest BCUT2D eigenvalue weighted by Crippen LogP contribution is -2.51. The molecule has 0 radical (unpaired) electrons. The number of nitrogens with zero attached hydrogens (tertiary/aromatic N) is 1. The lowest BCUT2D eigenvalue weighted by atomic mass is 10.2. The maximum Gasteiger partial charge on any atom is 0.264 e. The quantitative estimate of drug-likeness (QED) is 0.490. The molecule has 0 spiro atoms. The summed E-state index contributed by atoms with van der Waals surface area (Å²) in [5.74, 6) is 0.763. The van der Waals surface area contributed by atoms with Gasteiger partial charge in [0, 0.05) is 18.1 Å². The van der Waals surface area contributed by atoms with Crippen LogP contribution in [-0.2, 0) is 20.6 Å². The van der Waals surface area contributed by atoms with E-state index in [2.05, 4.69) is 5.32 Å². The van der Waals surface area contributed by atoms with Crippen molar-refractivity contribution >= 4 is 33.4 Å². The summed E-state index contributed by atoms with van der Waals surface area (Å²) in [7, 11) is -3.87. The van der Waals surface area contributed by atoms with Crippen molar-refractivity contribution < 1.29 is 22.3 Å². The Kier molecular flexibility index (Phi) is 7.20. The first-order chi connectivity index (χ1) is 16.0. The van der Waals surface area contributed by atoms with Gasteiger partial charge >= 0.3 is 0 Å². The highest BCUT2D eigenvalue weighted by Crippen LogP contribution is 2.36. The highest BCUT2D eigenvalue weighted by Gasteiger charge is 2.37. The number of carbonyl (C=O) groups excluding carboxylic acids is 1. The van der Waals surface area contributed by atoms with Gasteiger partial charge in [0.25, 0.3) is 15.9 Å². The molecule has 33 heavy (non-hydrogen) atoms. The number of anilines is 1. The molecule has 4 rings (SSSR count). The van der Waals surface area contributed by atoms with Gasteiger partial charge in [-0.15, -0.1) is 0 Å². The Morgan fingerprint density at radius 2 is 1.73 bits per heavy atom. The summed E-state index contributed by atoms with van der Waals surface area (Å²) in [5, 5.41) is 2.80. The summed E-state index contributed by atoms with van der Waals surface area (Å²) < 4.78 is 47.3. The number of fused-ring (bicyclic) bond motifs is 1. The van der Waals surface area contributed by atoms with Crippen molar-refractivity contribution in [3.05, 3.63) is 90.2 Å². The number of nitrogens with one attached hydrogen (secondary N) is 1. The van der Waals surface area contributed by atoms with Crippen LogP contribution in [0.3, 0.4) is 0 Å². The van der Waals surface area contributed by atoms with Crippen LogP contribution in [-0.4, -0.2) is 39.3 Å². The Hall–Kier alpha value is -3.04. The Balaban J connectivity index is 1.40. The van der Waals surface area contributed by atoms with Gasteiger partial charge in [0.1, 0.15) is 11.6 Å². The van der Waals surface area contributed by atoms with Crippen LogP contribution in [0.1, 0.15) is 5.56 Å². The van der Waals surface area contributed by atoms with Gasteiger partial charge in [0.15, 0.2) is 6.10 Å². The molecule has 1 heterocycles. The van der Waals surface area contributed by atoms with E-state index in [0.717, 1.165) is 0 Å². The molecule has 0 saturated heterocycles. The minimum absolute atomic E-state index is 0.136. The Labute approximate surface area is 196 Å². The number of halogens is 1. The van der Waals surface area contributed by atoms with Crippen LogP contribution in [0.4, 0.5) is 10.1 Å². The molecule has 1 amide bonds. The molecule has 1 atom stereocenters. The van der Waals surface area contributed by atoms with Crippen LogP contribution in [0.15, 0.2) is 83.8 Å². The average Bonchev–Trinajstić information content (AvgIpc) is 2.84. The molecule has 3 aromatic carbocycles. The second-order valence-electron chi connectivity index (χ2n) is 7.36. The van der Waals surface area contributed by atoms with Gasteiger partial charge in [0.2, 0.25) is 0 Å². The minimum atomic E-state index is -3.87. The van der Waals surface area contributed by atoms with Crippen LogP contribution in [0.25, 0.3) is 0 Å². The fourth-order valence-electron chi connectivity index (χ4n) is 3.44. The maximum absolute atomic E-state index is 13.7. The van der Waals surface area contributed by atoms with Crippen molar-refractivity contribution in [3.8, 4) is 5.75 Å². The summed E-state index contributed by atoms with van der Waals surface area (Å²) in [5.41, 5.74) is 1.01. The molecular formula is C24H23FN2O4S2. The molecule has 0 saturated carbocycles. The highest BCUT2D eigenvalue weighted by atomic mass is 32.2. The van der Waals surface area contributed by atoms with E-state index in [9.17, 15) is 17.6 Å². The monoisotopic (exact) mass is 486 g/mol. The highest BCUT2D eigenvalue weighted by molar-refractivity contribution is 7.98. The van der Waals surface area contributed by atoms with Crippen LogP contribution < -0.4 is 14.4 Å². The third kappa shape index (κ3) is 5.31. The number of hydrogen-bond acceptors (Lipinski definition) is 5. The third-order valence-corrected chi connectivity index (χ3v) is 7.92. The standard InChI is InChI=1S/C24H23FN2O4S2/c25-20-11-5-4-8-18(20)17-32-15-14-26-24(28)23-16-27(21-12-6-7-13-22(21)31-23)33(29,30)19-9-2-1-3-10-19/h1-13,23H,14-17H2,(H,26,28). The largest absolute Gasteiger partial charge is 0.476 e. The van der Waals surface area contributed by atoms with E-state index in [1.165, 1.54) is 34.3 Å². The molecule has 0 aliphatic carbocycles. The minimum Gasteiger partial charge on any atom is -0.476 e. The van der Waals surface area contributed by atoms with E-state index < -0.39 is 22.0 Å². The van der Waals surface area contributed by atoms with Gasteiger partial charge in [-0.05, 0) is 35.9 Å². The first-order valence-corrected chi connectivity index (χ1v) is 13.0. The normalized spacial score (nSPS) is 15.4. The summed E-state index contributed by atoms with van der Waals surface area (Å²) in [4.78, 5) is 12.9. The fourth-order valence-corrected chi connectivity index (χ4v) is 5.79. The number of carbonyl (C=O) groups is 1. The first-order valence-electron chi connectivity index (χ1n) is 10.4. The number of sulfonamides is 1. The number of ether oxygens (including phenoxy) is 1. The third-order valence-electron chi connectivity index (χ3n) is 5.12. The van der Waals surface area contributed by atoms with Gasteiger partial charge in [0.05, 0.1) is 17.1 Å². The van der Waals surface area contributed by atoms with Gasteiger partial charge in [-0.1, -0.05) is 48.5 Å². The van der Waals surface area contributed by atoms with Crippen LogP contribution in [0, 0.1) is 5.82 Å². The average molecular weight is 487 g/mol. The molecule has 1 unspecified atom stereocenters. The summed E-state index contributed by atoms with van der Waals surface area (Å²) in [6.45, 7) is 0.216. The second-order valence-corrected chi connectivity index (χ2v) is 10.3. The lowest BCUT2D eigenvalue weighted by molar-refractivity contribution is -0.127. The summed E-state index contributed by atoms with van der Waals surface area (Å²) in [6.07, 6.45) is -0.991. The maximum atomic E-state index is 13.7. The number of para-hydroxylation sites is 2. The number of benzene rings is 3. The van der Waals surface area contributed by atoms with Gasteiger partial charge in [-0.25, -0.2) is 12.8 Å². The number of thioether (sulfide) groups is 1. The number of amides is 1. The van der Waals surface area contributed by atoms with Gasteiger partial charge < -0.3 is 10.1 Å². The molecule has 9 heteroatoms. The molecule has 1 aliphatic rings. The van der Waals surface area contributed by atoms with E-state index in [0.29, 0.717) is 35.1 Å². The van der Waals surface area contributed by atoms with Crippen molar-refractivity contribution in [1.29, 1.82) is 0 Å². The summed E-state index contributed by atoms with van der Waals surface area (Å²) in [6, 6.07) is 21.4. The summed E-state index contributed by atoms with van der Waals surface area (Å²) >= 11 is 1.50. The Morgan fingerprint density at radius 1 is 1.03 bits per heavy atom. The van der Waals surface area contributed by atoms with E-state index in [-0.39, 0.29) is 17.3 Å². The first kappa shape index (κ1) is 23.1. The molecule has 3 aromatic rings. The predicted octanol–water partition coefficient (Wildman–Crippen LogP) is 3.83. The van der Waals surface area contributed by atoms with Crippen LogP contribution in [0.2, 0.25) is 0 Å². The molecule has 1 N–H and O–H groups in total. The topological polar surface area (TPSA) is 75.7 Å². The molecule has 0 fully saturated rings. The predicted molar refractivity (Wildman–Crippen MR) is 127 cm³/mol. The smallest absolute Gasteiger partial charge is 0.264 e. The second kappa shape index (κ2) is 10.3. The van der Waals surface area contributed by atoms with E-state index in [1.807, 2.05) is 0 Å². The van der Waals surface area contributed by atoms with Crippen LogP contribution in [0.5, 0.6) is 5.75 Å². The van der Waals surface area contributed by atoms with Gasteiger partial charge in [-0.2, -0.15) is 11.8 Å². The molecular weight excluding hydrogens is 463 g/mol. The SMILES string of the molecule is O=C(NCCSCc1ccccc1F)C1CN(S(=O)(=O)c2ccccc2)c2ccccc2O1. The zero-order valence-electron chi connectivity index (χ0n) is 17.7.